The summed E-state index contributed by atoms with van der Waals surface area (Å²) in [6, 6.07) is 9.33. The molecular weight excluding hydrogens is 286 g/mol. The Morgan fingerprint density at radius 2 is 2.00 bits per heavy atom. The molecule has 0 aliphatic heterocycles. The molecule has 1 amide bonds. The van der Waals surface area contributed by atoms with Crippen molar-refractivity contribution in [2.24, 2.45) is 0 Å². The third-order valence-corrected chi connectivity index (χ3v) is 2.66. The molecule has 1 unspecified atom stereocenters. The molecule has 1 aromatic rings. The number of aliphatic hydroxyl groups excluding tert-OH is 1. The van der Waals surface area contributed by atoms with E-state index in [0.29, 0.717) is 0 Å². The van der Waals surface area contributed by atoms with Gasteiger partial charge in [0.15, 0.2) is 0 Å². The quantitative estimate of drug-likeness (QED) is 0.565. The Morgan fingerprint density at radius 1 is 1.27 bits per heavy atom. The first-order chi connectivity index (χ1) is 10.6. The molecule has 0 fully saturated rings. The van der Waals surface area contributed by atoms with Gasteiger partial charge in [0.25, 0.3) is 0 Å². The number of nitrogens with one attached hydrogen (secondary N) is 1. The van der Waals surface area contributed by atoms with Crippen LogP contribution < -0.4 is 5.32 Å². The maximum Gasteiger partial charge on any atom is 0.407 e. The van der Waals surface area contributed by atoms with Gasteiger partial charge in [-0.15, -0.1) is 0 Å². The van der Waals surface area contributed by atoms with Crippen LogP contribution in [0.1, 0.15) is 18.9 Å². The van der Waals surface area contributed by atoms with E-state index in [1.807, 2.05) is 30.3 Å². The lowest BCUT2D eigenvalue weighted by Crippen LogP contribution is -2.27. The highest BCUT2D eigenvalue weighted by atomic mass is 16.5. The van der Waals surface area contributed by atoms with Crippen LogP contribution in [0.25, 0.3) is 0 Å². The van der Waals surface area contributed by atoms with Crippen molar-refractivity contribution in [3.63, 3.8) is 0 Å². The van der Waals surface area contributed by atoms with Gasteiger partial charge < -0.3 is 19.9 Å². The van der Waals surface area contributed by atoms with E-state index in [1.54, 1.807) is 6.92 Å². The minimum atomic E-state index is -0.834. The molecule has 0 aliphatic carbocycles. The fourth-order valence-corrected chi connectivity index (χ4v) is 1.57. The largest absolute Gasteiger partial charge is 0.463 e. The highest BCUT2D eigenvalue weighted by Crippen LogP contribution is 2.00. The molecule has 0 bridgehead atoms. The Balaban J connectivity index is 2.15. The number of aliphatic hydroxyl groups is 1. The predicted molar refractivity (Wildman–Crippen MR) is 81.0 cm³/mol. The molecule has 0 spiro atoms. The summed E-state index contributed by atoms with van der Waals surface area (Å²) in [5.74, 6) is -0.503. The van der Waals surface area contributed by atoms with Gasteiger partial charge in [0.05, 0.1) is 12.7 Å². The zero-order chi connectivity index (χ0) is 16.2. The second-order valence-corrected chi connectivity index (χ2v) is 4.46. The van der Waals surface area contributed by atoms with Crippen LogP contribution in [-0.4, -0.2) is 36.4 Å². The average molecular weight is 307 g/mol. The number of hydrogen-bond acceptors (Lipinski definition) is 5. The summed E-state index contributed by atoms with van der Waals surface area (Å²) in [7, 11) is 0. The maximum atomic E-state index is 11.4. The summed E-state index contributed by atoms with van der Waals surface area (Å²) >= 11 is 0. The normalized spacial score (nSPS) is 11.9. The first-order valence-electron chi connectivity index (χ1n) is 7.09. The van der Waals surface area contributed by atoms with E-state index < -0.39 is 18.2 Å². The molecule has 0 saturated heterocycles. The first-order valence-corrected chi connectivity index (χ1v) is 7.09. The van der Waals surface area contributed by atoms with Gasteiger partial charge in [-0.2, -0.15) is 0 Å². The van der Waals surface area contributed by atoms with Crippen molar-refractivity contribution in [3.8, 4) is 0 Å². The standard InChI is InChI=1S/C16H21NO5/c1-2-21-15(19)9-8-14(18)10-11-17-16(20)22-12-13-6-4-3-5-7-13/h3-9,14,18H,2,10-12H2,1H3,(H,17,20)/b9-8+. The second kappa shape index (κ2) is 10.4. The molecule has 0 heterocycles. The highest BCUT2D eigenvalue weighted by molar-refractivity contribution is 5.81. The number of hydrogen-bond donors (Lipinski definition) is 2. The SMILES string of the molecule is CCOC(=O)/C=C/C(O)CCNC(=O)OCc1ccccc1. The molecule has 0 aliphatic rings. The molecule has 1 atom stereocenters. The van der Waals surface area contributed by atoms with Gasteiger partial charge in [0.1, 0.15) is 6.61 Å². The molecule has 120 valence electrons. The van der Waals surface area contributed by atoms with Crippen molar-refractivity contribution in [2.75, 3.05) is 13.2 Å². The third kappa shape index (κ3) is 8.06. The van der Waals surface area contributed by atoms with E-state index >= 15 is 0 Å². The van der Waals surface area contributed by atoms with Crippen LogP contribution in [0.3, 0.4) is 0 Å². The lowest BCUT2D eigenvalue weighted by Gasteiger charge is -2.08. The Hall–Kier alpha value is -2.34. The van der Waals surface area contributed by atoms with Crippen molar-refractivity contribution in [2.45, 2.75) is 26.1 Å². The molecule has 2 N–H and O–H groups in total. The molecule has 6 heteroatoms. The summed E-state index contributed by atoms with van der Waals surface area (Å²) < 4.78 is 9.70. The summed E-state index contributed by atoms with van der Waals surface area (Å²) in [6.45, 7) is 2.42. The van der Waals surface area contributed by atoms with Crippen LogP contribution in [0, 0.1) is 0 Å². The number of benzene rings is 1. The smallest absolute Gasteiger partial charge is 0.407 e. The Morgan fingerprint density at radius 3 is 2.68 bits per heavy atom. The summed E-state index contributed by atoms with van der Waals surface area (Å²) in [5.41, 5.74) is 0.898. The molecule has 22 heavy (non-hydrogen) atoms. The lowest BCUT2D eigenvalue weighted by molar-refractivity contribution is -0.137. The van der Waals surface area contributed by atoms with Gasteiger partial charge in [-0.3, -0.25) is 0 Å². The van der Waals surface area contributed by atoms with Crippen molar-refractivity contribution in [3.05, 3.63) is 48.0 Å². The van der Waals surface area contributed by atoms with E-state index in [4.69, 9.17) is 4.74 Å². The van der Waals surface area contributed by atoms with Crippen LogP contribution in [0.4, 0.5) is 4.79 Å². The zero-order valence-electron chi connectivity index (χ0n) is 12.5. The Labute approximate surface area is 129 Å². The second-order valence-electron chi connectivity index (χ2n) is 4.46. The fraction of sp³-hybridized carbons (Fsp3) is 0.375. The van der Waals surface area contributed by atoms with Gasteiger partial charge in [0, 0.05) is 12.6 Å². The Bertz CT molecular complexity index is 487. The summed E-state index contributed by atoms with van der Waals surface area (Å²) in [5, 5.41) is 12.1. The van der Waals surface area contributed by atoms with Gasteiger partial charge in [-0.05, 0) is 25.0 Å². The minimum Gasteiger partial charge on any atom is -0.463 e. The average Bonchev–Trinajstić information content (AvgIpc) is 2.52. The van der Waals surface area contributed by atoms with E-state index in [9.17, 15) is 14.7 Å². The number of carbonyl (C=O) groups excluding carboxylic acids is 2. The van der Waals surface area contributed by atoms with Gasteiger partial charge in [-0.25, -0.2) is 9.59 Å². The molecular formula is C16H21NO5. The number of amides is 1. The first kappa shape index (κ1) is 17.7. The lowest BCUT2D eigenvalue weighted by atomic mass is 10.2. The predicted octanol–water partition coefficient (Wildman–Crippen LogP) is 1.78. The van der Waals surface area contributed by atoms with Crippen LogP contribution in [0.2, 0.25) is 0 Å². The minimum absolute atomic E-state index is 0.192. The summed E-state index contributed by atoms with van der Waals surface area (Å²) in [6.07, 6.45) is 1.39. The van der Waals surface area contributed by atoms with Crippen molar-refractivity contribution < 1.29 is 24.2 Å². The molecule has 6 nitrogen and oxygen atoms in total. The monoisotopic (exact) mass is 307 g/mol. The van der Waals surface area contributed by atoms with E-state index in [-0.39, 0.29) is 26.2 Å². The van der Waals surface area contributed by atoms with E-state index in [1.165, 1.54) is 12.2 Å². The van der Waals surface area contributed by atoms with Gasteiger partial charge in [0.2, 0.25) is 0 Å². The zero-order valence-corrected chi connectivity index (χ0v) is 12.5. The molecule has 1 rings (SSSR count). The van der Waals surface area contributed by atoms with Crippen molar-refractivity contribution >= 4 is 12.1 Å². The molecule has 0 aromatic heterocycles. The molecule has 0 saturated carbocycles. The maximum absolute atomic E-state index is 11.4. The fourth-order valence-electron chi connectivity index (χ4n) is 1.57. The van der Waals surface area contributed by atoms with Crippen LogP contribution in [-0.2, 0) is 20.9 Å². The van der Waals surface area contributed by atoms with Crippen LogP contribution >= 0.6 is 0 Å². The molecule has 0 radical (unpaired) electrons. The number of alkyl carbamates (subject to hydrolysis) is 1. The third-order valence-electron chi connectivity index (χ3n) is 2.66. The number of carbonyl (C=O) groups is 2. The van der Waals surface area contributed by atoms with E-state index in [0.717, 1.165) is 5.56 Å². The van der Waals surface area contributed by atoms with Crippen molar-refractivity contribution in [1.82, 2.24) is 5.32 Å². The number of esters is 1. The summed E-state index contributed by atoms with van der Waals surface area (Å²) in [4.78, 5) is 22.5. The topological polar surface area (TPSA) is 84.9 Å². The Kier molecular flexibility index (Phi) is 8.37. The van der Waals surface area contributed by atoms with Crippen LogP contribution in [0.5, 0.6) is 0 Å². The number of ether oxygens (including phenoxy) is 2. The molecule has 1 aromatic carbocycles. The highest BCUT2D eigenvalue weighted by Gasteiger charge is 2.05. The van der Waals surface area contributed by atoms with Crippen LogP contribution in [0.15, 0.2) is 42.5 Å². The van der Waals surface area contributed by atoms with Gasteiger partial charge in [-0.1, -0.05) is 30.3 Å². The van der Waals surface area contributed by atoms with Crippen molar-refractivity contribution in [1.29, 1.82) is 0 Å². The number of rotatable bonds is 8. The van der Waals surface area contributed by atoms with Gasteiger partial charge >= 0.3 is 12.1 Å². The van der Waals surface area contributed by atoms with E-state index in [2.05, 4.69) is 10.1 Å².